The summed E-state index contributed by atoms with van der Waals surface area (Å²) in [4.78, 5) is 14.8. The van der Waals surface area contributed by atoms with Gasteiger partial charge >= 0.3 is 0 Å². The summed E-state index contributed by atoms with van der Waals surface area (Å²) in [7, 11) is 0. The van der Waals surface area contributed by atoms with E-state index in [1.165, 1.54) is 71.0 Å². The standard InChI is InChI=1S/C26H24N.C5H8O2.Ir/c1-26(2,3)24-16-19(15-18-8-6-10-21(18)24)25-23-12-11-17-7-4-5-9-20(17)22(23)13-14-27-25;1-4(6)3-5(2)7;/h4-5,7,9,11-14,16H,6,8,10H2,1-3H3;3,6H,1-2H3;/q-1;;/b;4-3-;. The first-order valence-corrected chi connectivity index (χ1v) is 11.9. The Morgan fingerprint density at radius 3 is 2.40 bits per heavy atom. The number of aliphatic hydroxyl groups is 1. The third-order valence-corrected chi connectivity index (χ3v) is 6.26. The molecule has 1 heterocycles. The molecule has 0 bridgehead atoms. The maximum absolute atomic E-state index is 10.0. The maximum Gasteiger partial charge on any atom is 0.155 e. The average Bonchev–Trinajstić information content (AvgIpc) is 3.25. The van der Waals surface area contributed by atoms with Crippen molar-refractivity contribution in [2.75, 3.05) is 0 Å². The van der Waals surface area contributed by atoms with Crippen molar-refractivity contribution < 1.29 is 30.0 Å². The molecule has 1 aromatic heterocycles. The zero-order valence-corrected chi connectivity index (χ0v) is 23.4. The van der Waals surface area contributed by atoms with E-state index in [-0.39, 0.29) is 37.1 Å². The second kappa shape index (κ2) is 10.8. The summed E-state index contributed by atoms with van der Waals surface area (Å²) in [6.45, 7) is 9.79. The first-order valence-electron chi connectivity index (χ1n) is 11.9. The van der Waals surface area contributed by atoms with E-state index in [0.29, 0.717) is 0 Å². The summed E-state index contributed by atoms with van der Waals surface area (Å²) in [5.74, 6) is -0.0625. The Kier molecular flexibility index (Phi) is 8.30. The quantitative estimate of drug-likeness (QED) is 0.106. The fourth-order valence-electron chi connectivity index (χ4n) is 4.85. The molecule has 1 aliphatic rings. The van der Waals surface area contributed by atoms with E-state index >= 15 is 0 Å². The van der Waals surface area contributed by atoms with E-state index in [9.17, 15) is 4.79 Å². The fourth-order valence-corrected chi connectivity index (χ4v) is 4.85. The average molecular weight is 643 g/mol. The number of rotatable bonds is 2. The van der Waals surface area contributed by atoms with Gasteiger partial charge in [0.25, 0.3) is 0 Å². The smallest absolute Gasteiger partial charge is 0.155 e. The van der Waals surface area contributed by atoms with Gasteiger partial charge in [-0.15, -0.1) is 34.4 Å². The Balaban J connectivity index is 0.000000378. The van der Waals surface area contributed by atoms with Crippen LogP contribution in [0.5, 0.6) is 0 Å². The molecule has 0 saturated heterocycles. The minimum atomic E-state index is -0.125. The van der Waals surface area contributed by atoms with Crippen molar-refractivity contribution >= 4 is 27.3 Å². The molecule has 3 nitrogen and oxygen atoms in total. The molecule has 3 aromatic carbocycles. The second-order valence-electron chi connectivity index (χ2n) is 10.1. The molecule has 183 valence electrons. The van der Waals surface area contributed by atoms with E-state index < -0.39 is 0 Å². The fraction of sp³-hybridized carbons (Fsp3) is 0.290. The first-order chi connectivity index (χ1) is 16.1. The molecule has 0 fully saturated rings. The monoisotopic (exact) mass is 643 g/mol. The van der Waals surface area contributed by atoms with E-state index in [1.54, 1.807) is 0 Å². The summed E-state index contributed by atoms with van der Waals surface area (Å²) < 4.78 is 0. The van der Waals surface area contributed by atoms with Crippen LogP contribution in [0.3, 0.4) is 0 Å². The van der Waals surface area contributed by atoms with Gasteiger partial charge in [0.15, 0.2) is 5.78 Å². The predicted molar refractivity (Wildman–Crippen MR) is 141 cm³/mol. The van der Waals surface area contributed by atoms with Gasteiger partial charge in [-0.05, 0) is 59.0 Å². The van der Waals surface area contributed by atoms with Crippen LogP contribution in [0, 0.1) is 6.07 Å². The Morgan fingerprint density at radius 1 is 1.00 bits per heavy atom. The Bertz CT molecular complexity index is 1410. The zero-order chi connectivity index (χ0) is 24.5. The molecule has 0 spiro atoms. The Hall–Kier alpha value is -2.81. The largest absolute Gasteiger partial charge is 0.512 e. The molecule has 1 aliphatic carbocycles. The van der Waals surface area contributed by atoms with Crippen LogP contribution in [0.15, 0.2) is 66.6 Å². The topological polar surface area (TPSA) is 50.2 Å². The molecule has 1 radical (unpaired) electrons. The van der Waals surface area contributed by atoms with E-state index in [0.717, 1.165) is 17.7 Å². The first kappa shape index (κ1) is 26.8. The normalized spacial score (nSPS) is 13.1. The summed E-state index contributed by atoms with van der Waals surface area (Å²) in [6, 6.07) is 21.2. The van der Waals surface area contributed by atoms with Gasteiger partial charge in [0.1, 0.15) is 0 Å². The van der Waals surface area contributed by atoms with Crippen molar-refractivity contribution in [1.29, 1.82) is 0 Å². The van der Waals surface area contributed by atoms with Gasteiger partial charge in [-0.3, -0.25) is 4.79 Å². The van der Waals surface area contributed by atoms with E-state index in [1.807, 2.05) is 6.20 Å². The van der Waals surface area contributed by atoms with Crippen molar-refractivity contribution in [3.8, 4) is 11.3 Å². The van der Waals surface area contributed by atoms with Gasteiger partial charge < -0.3 is 10.1 Å². The number of aryl methyl sites for hydroxylation is 1. The number of aliphatic hydroxyl groups excluding tert-OH is 1. The number of hydrogen-bond acceptors (Lipinski definition) is 3. The SMILES string of the molecule is CC(=O)/C=C(/C)O.CC(C)(C)c1cc(-c2nccc3c2ccc2ccccc23)[c-]c2c1CCC2.[Ir]. The Labute approximate surface area is 221 Å². The van der Waals surface area contributed by atoms with Crippen LogP contribution in [0.4, 0.5) is 0 Å². The van der Waals surface area contributed by atoms with Crippen LogP contribution in [-0.4, -0.2) is 15.9 Å². The molecular weight excluding hydrogens is 611 g/mol. The van der Waals surface area contributed by atoms with Gasteiger partial charge in [0, 0.05) is 32.4 Å². The molecule has 35 heavy (non-hydrogen) atoms. The predicted octanol–water partition coefficient (Wildman–Crippen LogP) is 7.68. The van der Waals surface area contributed by atoms with Crippen LogP contribution < -0.4 is 0 Å². The number of aromatic nitrogens is 1. The summed E-state index contributed by atoms with van der Waals surface area (Å²) in [5.41, 5.74) is 6.72. The number of ketones is 1. The minimum Gasteiger partial charge on any atom is -0.512 e. The van der Waals surface area contributed by atoms with Crippen molar-refractivity contribution in [2.45, 2.75) is 59.3 Å². The number of carbonyl (C=O) groups excluding carboxylic acids is 1. The number of pyridine rings is 1. The van der Waals surface area contributed by atoms with Crippen LogP contribution in [-0.2, 0) is 43.2 Å². The summed E-state index contributed by atoms with van der Waals surface area (Å²) in [5, 5.41) is 13.4. The third-order valence-electron chi connectivity index (χ3n) is 6.26. The molecule has 0 unspecified atom stereocenters. The van der Waals surface area contributed by atoms with Crippen LogP contribution in [0.1, 0.15) is 57.7 Å². The Morgan fingerprint density at radius 2 is 1.74 bits per heavy atom. The third kappa shape index (κ3) is 5.89. The number of nitrogens with zero attached hydrogens (tertiary/aromatic N) is 1. The van der Waals surface area contributed by atoms with Crippen molar-refractivity contribution in [3.63, 3.8) is 0 Å². The van der Waals surface area contributed by atoms with Crippen LogP contribution in [0.25, 0.3) is 32.8 Å². The summed E-state index contributed by atoms with van der Waals surface area (Å²) >= 11 is 0. The number of carbonyl (C=O) groups is 1. The molecule has 0 atom stereocenters. The van der Waals surface area contributed by atoms with Crippen LogP contribution >= 0.6 is 0 Å². The number of hydrogen-bond donors (Lipinski definition) is 1. The molecule has 4 heteroatoms. The van der Waals surface area contributed by atoms with Gasteiger partial charge in [-0.2, -0.15) is 0 Å². The molecule has 0 saturated carbocycles. The molecule has 4 aromatic rings. The molecular formula is C31H32IrNO2-. The summed E-state index contributed by atoms with van der Waals surface area (Å²) in [6.07, 6.45) is 6.68. The molecule has 0 aliphatic heterocycles. The van der Waals surface area contributed by atoms with Crippen molar-refractivity contribution in [1.82, 2.24) is 4.98 Å². The molecule has 0 amide bonds. The number of allylic oxidation sites excluding steroid dienone is 2. The van der Waals surface area contributed by atoms with Crippen LogP contribution in [0.2, 0.25) is 0 Å². The molecule has 5 rings (SSSR count). The zero-order valence-electron chi connectivity index (χ0n) is 21.0. The van der Waals surface area contributed by atoms with Gasteiger partial charge in [0.2, 0.25) is 0 Å². The molecule has 1 N–H and O–H groups in total. The van der Waals surface area contributed by atoms with Crippen molar-refractivity contribution in [3.05, 3.63) is 89.3 Å². The second-order valence-corrected chi connectivity index (χ2v) is 10.1. The van der Waals surface area contributed by atoms with E-state index in [2.05, 4.69) is 75.4 Å². The number of benzene rings is 3. The van der Waals surface area contributed by atoms with Gasteiger partial charge in [-0.1, -0.05) is 70.0 Å². The number of fused-ring (bicyclic) bond motifs is 4. The van der Waals surface area contributed by atoms with E-state index in [4.69, 9.17) is 10.1 Å². The van der Waals surface area contributed by atoms with Crippen molar-refractivity contribution in [2.24, 2.45) is 0 Å². The van der Waals surface area contributed by atoms with Gasteiger partial charge in [-0.25, -0.2) is 0 Å². The van der Waals surface area contributed by atoms with Gasteiger partial charge in [0.05, 0.1) is 5.76 Å². The minimum absolute atomic E-state index is 0. The maximum atomic E-state index is 10.0.